The molecule has 0 aromatic carbocycles. The van der Waals surface area contributed by atoms with Crippen LogP contribution in [0.3, 0.4) is 0 Å². The number of allylic oxidation sites excluding steroid dienone is 1. The van der Waals surface area contributed by atoms with Crippen LogP contribution in [0.5, 0.6) is 11.6 Å². The van der Waals surface area contributed by atoms with Crippen LogP contribution in [0.25, 0.3) is 0 Å². The maximum Gasteiger partial charge on any atom is 0.235 e. The number of hydrogen-bond donors (Lipinski definition) is 2. The first kappa shape index (κ1) is 15.5. The third-order valence-electron chi connectivity index (χ3n) is 4.30. The molecule has 0 amide bonds. The summed E-state index contributed by atoms with van der Waals surface area (Å²) in [7, 11) is 0. The van der Waals surface area contributed by atoms with Gasteiger partial charge in [0.1, 0.15) is 6.10 Å². The highest BCUT2D eigenvalue weighted by Crippen LogP contribution is 2.41. The smallest absolute Gasteiger partial charge is 0.235 e. The van der Waals surface area contributed by atoms with E-state index in [2.05, 4.69) is 4.98 Å². The van der Waals surface area contributed by atoms with Gasteiger partial charge in [0.15, 0.2) is 5.75 Å². The third kappa shape index (κ3) is 3.06. The third-order valence-corrected chi connectivity index (χ3v) is 4.30. The van der Waals surface area contributed by atoms with E-state index in [1.165, 1.54) is 0 Å². The van der Waals surface area contributed by atoms with Gasteiger partial charge in [0.25, 0.3) is 0 Å². The Morgan fingerprint density at radius 2 is 2.22 bits per heavy atom. The van der Waals surface area contributed by atoms with Crippen molar-refractivity contribution in [3.8, 4) is 11.6 Å². The Morgan fingerprint density at radius 1 is 1.35 bits per heavy atom. The molecule has 6 heteroatoms. The Balaban J connectivity index is 1.83. The Hall–Kier alpha value is -2.37. The Bertz CT molecular complexity index is 674. The molecule has 2 N–H and O–H groups in total. The van der Waals surface area contributed by atoms with Gasteiger partial charge in [-0.25, -0.2) is 4.98 Å². The fraction of sp³-hybridized carbons (Fsp3) is 0.471. The van der Waals surface area contributed by atoms with Crippen molar-refractivity contribution < 1.29 is 14.9 Å². The van der Waals surface area contributed by atoms with Gasteiger partial charge < -0.3 is 24.1 Å². The highest BCUT2D eigenvalue weighted by molar-refractivity contribution is 5.48. The minimum absolute atomic E-state index is 0.0108. The second-order valence-electron chi connectivity index (χ2n) is 5.77. The largest absolute Gasteiger partial charge is 0.503 e. The summed E-state index contributed by atoms with van der Waals surface area (Å²) in [6, 6.07) is 0. The quantitative estimate of drug-likeness (QED) is 0.858. The van der Waals surface area contributed by atoms with E-state index in [-0.39, 0.29) is 17.7 Å². The van der Waals surface area contributed by atoms with Crippen molar-refractivity contribution in [1.82, 2.24) is 14.1 Å². The molecule has 0 spiro atoms. The molecule has 0 saturated carbocycles. The first-order chi connectivity index (χ1) is 11.2. The Labute approximate surface area is 135 Å². The van der Waals surface area contributed by atoms with E-state index in [1.807, 2.05) is 23.8 Å². The molecule has 1 unspecified atom stereocenters. The van der Waals surface area contributed by atoms with Gasteiger partial charge in [-0.05, 0) is 31.8 Å². The van der Waals surface area contributed by atoms with Crippen molar-refractivity contribution in [1.29, 1.82) is 0 Å². The Morgan fingerprint density at radius 3 is 2.87 bits per heavy atom. The standard InChI is InChI=1S/C17H23N3O3/c1-2-13-15(14-6-3-4-11-23-14)20(17(22)16(13)21)9-5-8-19-10-7-18-12-19/h4,7,10-12,14,21-22H,2-3,5-6,8-9H2,1H3. The second kappa shape index (κ2) is 6.81. The van der Waals surface area contributed by atoms with Crippen molar-refractivity contribution in [3.05, 3.63) is 42.3 Å². The van der Waals surface area contributed by atoms with Crippen LogP contribution in [0.2, 0.25) is 0 Å². The van der Waals surface area contributed by atoms with Crippen molar-refractivity contribution in [2.45, 2.75) is 51.8 Å². The van der Waals surface area contributed by atoms with Crippen LogP contribution in [-0.4, -0.2) is 24.3 Å². The highest BCUT2D eigenvalue weighted by Gasteiger charge is 2.28. The number of aryl methyl sites for hydroxylation is 1. The molecule has 2 aromatic heterocycles. The van der Waals surface area contributed by atoms with Crippen molar-refractivity contribution in [2.75, 3.05) is 0 Å². The predicted octanol–water partition coefficient (Wildman–Crippen LogP) is 3.11. The van der Waals surface area contributed by atoms with E-state index in [0.29, 0.717) is 13.0 Å². The van der Waals surface area contributed by atoms with Crippen LogP contribution in [0, 0.1) is 0 Å². The zero-order valence-corrected chi connectivity index (χ0v) is 13.4. The summed E-state index contributed by atoms with van der Waals surface area (Å²) < 4.78 is 9.53. The lowest BCUT2D eigenvalue weighted by molar-refractivity contribution is 0.115. The molecule has 23 heavy (non-hydrogen) atoms. The van der Waals surface area contributed by atoms with E-state index in [4.69, 9.17) is 4.74 Å². The number of rotatable bonds is 6. The number of aromatic nitrogens is 3. The van der Waals surface area contributed by atoms with Crippen LogP contribution in [0.15, 0.2) is 31.1 Å². The maximum absolute atomic E-state index is 10.3. The summed E-state index contributed by atoms with van der Waals surface area (Å²) in [5.74, 6) is -0.0658. The van der Waals surface area contributed by atoms with E-state index >= 15 is 0 Å². The first-order valence-corrected chi connectivity index (χ1v) is 8.11. The summed E-state index contributed by atoms with van der Waals surface area (Å²) in [4.78, 5) is 4.03. The number of imidazole rings is 1. The van der Waals surface area contributed by atoms with Gasteiger partial charge in [0.2, 0.25) is 5.88 Å². The number of nitrogens with zero attached hydrogens (tertiary/aromatic N) is 3. The van der Waals surface area contributed by atoms with E-state index in [0.717, 1.165) is 37.1 Å². The van der Waals surface area contributed by atoms with Crippen LogP contribution in [0.1, 0.15) is 43.5 Å². The monoisotopic (exact) mass is 317 g/mol. The molecule has 0 aliphatic carbocycles. The van der Waals surface area contributed by atoms with Crippen molar-refractivity contribution in [3.63, 3.8) is 0 Å². The molecule has 1 aliphatic rings. The average molecular weight is 317 g/mol. The zero-order valence-electron chi connectivity index (χ0n) is 13.4. The normalized spacial score (nSPS) is 17.3. The molecular formula is C17H23N3O3. The number of ether oxygens (including phenoxy) is 1. The van der Waals surface area contributed by atoms with Crippen LogP contribution in [-0.2, 0) is 24.2 Å². The van der Waals surface area contributed by atoms with Crippen molar-refractivity contribution >= 4 is 0 Å². The summed E-state index contributed by atoms with van der Waals surface area (Å²) in [5, 5.41) is 20.6. The van der Waals surface area contributed by atoms with Gasteiger partial charge in [-0.15, -0.1) is 0 Å². The van der Waals surface area contributed by atoms with Gasteiger partial charge >= 0.3 is 0 Å². The molecule has 0 bridgehead atoms. The molecule has 0 saturated heterocycles. The van der Waals surface area contributed by atoms with Crippen LogP contribution >= 0.6 is 0 Å². The Kier molecular flexibility index (Phi) is 4.60. The molecule has 2 aromatic rings. The second-order valence-corrected chi connectivity index (χ2v) is 5.77. The van der Waals surface area contributed by atoms with E-state index in [1.54, 1.807) is 23.4 Å². The van der Waals surface area contributed by atoms with E-state index < -0.39 is 0 Å². The summed E-state index contributed by atoms with van der Waals surface area (Å²) in [6.45, 7) is 3.41. The number of hydrogen-bond acceptors (Lipinski definition) is 4. The molecule has 3 rings (SSSR count). The van der Waals surface area contributed by atoms with Crippen molar-refractivity contribution in [2.24, 2.45) is 0 Å². The van der Waals surface area contributed by atoms with Gasteiger partial charge in [-0.3, -0.25) is 0 Å². The first-order valence-electron chi connectivity index (χ1n) is 8.11. The lowest BCUT2D eigenvalue weighted by atomic mass is 10.0. The summed E-state index contributed by atoms with van der Waals surface area (Å²) in [6.07, 6.45) is 12.3. The molecule has 3 heterocycles. The molecule has 1 atom stereocenters. The lowest BCUT2D eigenvalue weighted by Crippen LogP contribution is -2.14. The lowest BCUT2D eigenvalue weighted by Gasteiger charge is -2.23. The molecular weight excluding hydrogens is 294 g/mol. The highest BCUT2D eigenvalue weighted by atomic mass is 16.5. The van der Waals surface area contributed by atoms with Crippen LogP contribution in [0.4, 0.5) is 0 Å². The van der Waals surface area contributed by atoms with Crippen LogP contribution < -0.4 is 0 Å². The number of aromatic hydroxyl groups is 2. The molecule has 0 fully saturated rings. The SMILES string of the molecule is CCc1c(O)c(O)n(CCCn2ccnc2)c1C1CCC=CO1. The fourth-order valence-corrected chi connectivity index (χ4v) is 3.17. The van der Waals surface area contributed by atoms with Gasteiger partial charge in [0, 0.05) is 31.0 Å². The minimum Gasteiger partial charge on any atom is -0.503 e. The van der Waals surface area contributed by atoms with Gasteiger partial charge in [-0.2, -0.15) is 0 Å². The average Bonchev–Trinajstić information content (AvgIpc) is 3.17. The topological polar surface area (TPSA) is 72.4 Å². The minimum atomic E-state index is -0.116. The molecule has 0 radical (unpaired) electrons. The summed E-state index contributed by atoms with van der Waals surface area (Å²) >= 11 is 0. The molecule has 1 aliphatic heterocycles. The molecule has 124 valence electrons. The summed E-state index contributed by atoms with van der Waals surface area (Å²) in [5.41, 5.74) is 1.68. The molecule has 6 nitrogen and oxygen atoms in total. The van der Waals surface area contributed by atoms with Gasteiger partial charge in [0.05, 0.1) is 18.3 Å². The van der Waals surface area contributed by atoms with E-state index in [9.17, 15) is 10.2 Å². The predicted molar refractivity (Wildman–Crippen MR) is 86.2 cm³/mol. The fourth-order valence-electron chi connectivity index (χ4n) is 3.17. The van der Waals surface area contributed by atoms with Gasteiger partial charge in [-0.1, -0.05) is 6.92 Å². The zero-order chi connectivity index (χ0) is 16.2. The maximum atomic E-state index is 10.3.